The van der Waals surface area contributed by atoms with Gasteiger partial charge in [0.25, 0.3) is 0 Å². The van der Waals surface area contributed by atoms with E-state index in [0.29, 0.717) is 24.4 Å². The summed E-state index contributed by atoms with van der Waals surface area (Å²) in [6.07, 6.45) is 5.19. The van der Waals surface area contributed by atoms with Crippen molar-refractivity contribution in [2.45, 2.75) is 64.1 Å². The fraction of sp³-hybridized carbons (Fsp3) is 0.417. The molecule has 0 unspecified atom stereocenters. The number of carbonyl (C=O) groups excluding carboxylic acids is 2. The van der Waals surface area contributed by atoms with Crippen LogP contribution in [0.25, 0.3) is 0 Å². The van der Waals surface area contributed by atoms with Gasteiger partial charge in [-0.2, -0.15) is 0 Å². The maximum Gasteiger partial charge on any atom is 0.243 e. The molecule has 0 aliphatic heterocycles. The predicted molar refractivity (Wildman–Crippen MR) is 117 cm³/mol. The van der Waals surface area contributed by atoms with Gasteiger partial charge in [0.15, 0.2) is 0 Å². The highest BCUT2D eigenvalue weighted by Gasteiger charge is 2.31. The molecular weight excluding hydrogens is 384 g/mol. The summed E-state index contributed by atoms with van der Waals surface area (Å²) in [6, 6.07) is 17.0. The van der Waals surface area contributed by atoms with E-state index in [1.54, 1.807) is 4.90 Å². The third-order valence-corrected chi connectivity index (χ3v) is 5.79. The van der Waals surface area contributed by atoms with Crippen molar-refractivity contribution in [3.63, 3.8) is 0 Å². The number of nitrogens with zero attached hydrogens (tertiary/aromatic N) is 1. The molecular formula is C24H29ClN2O2. The summed E-state index contributed by atoms with van der Waals surface area (Å²) in [4.78, 5) is 27.9. The normalized spacial score (nSPS) is 15.1. The zero-order chi connectivity index (χ0) is 20.6. The minimum absolute atomic E-state index is 0.0255. The Morgan fingerprint density at radius 3 is 2.31 bits per heavy atom. The van der Waals surface area contributed by atoms with Crippen LogP contribution in [0.1, 0.15) is 50.2 Å². The summed E-state index contributed by atoms with van der Waals surface area (Å²) in [6.45, 7) is 2.23. The smallest absolute Gasteiger partial charge is 0.243 e. The first-order valence-electron chi connectivity index (χ1n) is 10.4. The van der Waals surface area contributed by atoms with Crippen LogP contribution in [0, 0.1) is 0 Å². The van der Waals surface area contributed by atoms with E-state index < -0.39 is 6.04 Å². The van der Waals surface area contributed by atoms with Gasteiger partial charge in [0.1, 0.15) is 6.04 Å². The zero-order valence-electron chi connectivity index (χ0n) is 16.9. The summed E-state index contributed by atoms with van der Waals surface area (Å²) >= 11 is 6.01. The molecule has 0 aromatic heterocycles. The Hall–Kier alpha value is -2.33. The van der Waals surface area contributed by atoms with Crippen molar-refractivity contribution >= 4 is 23.4 Å². The highest BCUT2D eigenvalue weighted by atomic mass is 35.5. The van der Waals surface area contributed by atoms with Crippen molar-refractivity contribution in [1.82, 2.24) is 10.2 Å². The Kier molecular flexibility index (Phi) is 7.70. The molecule has 1 N–H and O–H groups in total. The Labute approximate surface area is 178 Å². The minimum atomic E-state index is -0.541. The molecule has 0 spiro atoms. The van der Waals surface area contributed by atoms with Crippen molar-refractivity contribution in [2.75, 3.05) is 0 Å². The van der Waals surface area contributed by atoms with Crippen molar-refractivity contribution in [3.05, 3.63) is 70.7 Å². The second kappa shape index (κ2) is 10.4. The van der Waals surface area contributed by atoms with Crippen molar-refractivity contribution in [1.29, 1.82) is 0 Å². The molecule has 0 radical (unpaired) electrons. The lowest BCUT2D eigenvalue weighted by Crippen LogP contribution is -2.52. The van der Waals surface area contributed by atoms with Crippen LogP contribution in [0.5, 0.6) is 0 Å². The van der Waals surface area contributed by atoms with E-state index in [1.807, 2.05) is 61.5 Å². The second-order valence-electron chi connectivity index (χ2n) is 7.70. The molecule has 29 heavy (non-hydrogen) atoms. The Morgan fingerprint density at radius 1 is 1.03 bits per heavy atom. The molecule has 5 heteroatoms. The topological polar surface area (TPSA) is 49.4 Å². The summed E-state index contributed by atoms with van der Waals surface area (Å²) in [5.41, 5.74) is 2.01. The molecule has 1 saturated carbocycles. The monoisotopic (exact) mass is 412 g/mol. The highest BCUT2D eigenvalue weighted by Crippen LogP contribution is 2.20. The van der Waals surface area contributed by atoms with Crippen molar-refractivity contribution in [3.8, 4) is 0 Å². The number of halogens is 1. The van der Waals surface area contributed by atoms with Gasteiger partial charge < -0.3 is 10.2 Å². The van der Waals surface area contributed by atoms with Crippen LogP contribution < -0.4 is 5.32 Å². The molecule has 4 nitrogen and oxygen atoms in total. The van der Waals surface area contributed by atoms with Gasteiger partial charge in [0.2, 0.25) is 11.8 Å². The van der Waals surface area contributed by atoms with Crippen molar-refractivity contribution < 1.29 is 9.59 Å². The van der Waals surface area contributed by atoms with Gasteiger partial charge in [-0.1, -0.05) is 73.8 Å². The first kappa shape index (κ1) is 21.4. The highest BCUT2D eigenvalue weighted by molar-refractivity contribution is 6.30. The second-order valence-corrected chi connectivity index (χ2v) is 8.13. The molecule has 2 aromatic rings. The SMILES string of the molecule is CCC(=O)N(Cc1ccc(Cl)cc1)[C@H](Cc1ccccc1)C(=O)NC1CCCC1. The molecule has 1 fully saturated rings. The number of carbonyl (C=O) groups is 2. The lowest BCUT2D eigenvalue weighted by molar-refractivity contribution is -0.141. The largest absolute Gasteiger partial charge is 0.352 e. The van der Waals surface area contributed by atoms with Crippen LogP contribution in [-0.4, -0.2) is 28.8 Å². The third-order valence-electron chi connectivity index (χ3n) is 5.54. The van der Waals surface area contributed by atoms with Crippen LogP contribution in [0.2, 0.25) is 5.02 Å². The number of rotatable bonds is 8. The fourth-order valence-electron chi connectivity index (χ4n) is 3.91. The van der Waals surface area contributed by atoms with Crippen LogP contribution in [0.4, 0.5) is 0 Å². The van der Waals surface area contributed by atoms with Crippen LogP contribution in [-0.2, 0) is 22.6 Å². The summed E-state index contributed by atoms with van der Waals surface area (Å²) in [7, 11) is 0. The average molecular weight is 413 g/mol. The lowest BCUT2D eigenvalue weighted by atomic mass is 10.0. The van der Waals surface area contributed by atoms with Gasteiger partial charge in [-0.15, -0.1) is 0 Å². The summed E-state index contributed by atoms with van der Waals surface area (Å²) in [5.74, 6) is -0.0843. The first-order valence-corrected chi connectivity index (χ1v) is 10.8. The lowest BCUT2D eigenvalue weighted by Gasteiger charge is -2.32. The summed E-state index contributed by atoms with van der Waals surface area (Å²) < 4.78 is 0. The molecule has 1 aliphatic rings. The van der Waals surface area contributed by atoms with E-state index in [2.05, 4.69) is 5.32 Å². The maximum atomic E-state index is 13.3. The van der Waals surface area contributed by atoms with Crippen LogP contribution in [0.15, 0.2) is 54.6 Å². The van der Waals surface area contributed by atoms with Crippen LogP contribution in [0.3, 0.4) is 0 Å². The molecule has 0 heterocycles. The molecule has 2 amide bonds. The standard InChI is InChI=1S/C24H29ClN2O2/c1-2-23(28)27(17-19-12-14-20(25)15-13-19)22(16-18-8-4-3-5-9-18)24(29)26-21-10-6-7-11-21/h3-5,8-9,12-15,21-22H,2,6-7,10-11,16-17H2,1H3,(H,26,29)/t22-/m1/s1. The quantitative estimate of drug-likeness (QED) is 0.680. The minimum Gasteiger partial charge on any atom is -0.352 e. The van der Waals surface area contributed by atoms with E-state index in [-0.39, 0.29) is 17.9 Å². The van der Waals surface area contributed by atoms with Gasteiger partial charge in [0, 0.05) is 30.5 Å². The fourth-order valence-corrected chi connectivity index (χ4v) is 4.04. The van der Waals surface area contributed by atoms with E-state index >= 15 is 0 Å². The van der Waals surface area contributed by atoms with Crippen LogP contribution >= 0.6 is 11.6 Å². The third kappa shape index (κ3) is 6.07. The number of amides is 2. The zero-order valence-corrected chi connectivity index (χ0v) is 17.7. The number of benzene rings is 2. The number of nitrogens with one attached hydrogen (secondary N) is 1. The van der Waals surface area contributed by atoms with Gasteiger partial charge in [-0.3, -0.25) is 9.59 Å². The van der Waals surface area contributed by atoms with Gasteiger partial charge in [-0.25, -0.2) is 0 Å². The van der Waals surface area contributed by atoms with Gasteiger partial charge in [0.05, 0.1) is 0 Å². The first-order chi connectivity index (χ1) is 14.1. The van der Waals surface area contributed by atoms with Gasteiger partial charge in [-0.05, 0) is 36.1 Å². The number of hydrogen-bond donors (Lipinski definition) is 1. The van der Waals surface area contributed by atoms with E-state index in [4.69, 9.17) is 11.6 Å². The molecule has 3 rings (SSSR count). The molecule has 2 aromatic carbocycles. The Morgan fingerprint density at radius 2 is 1.69 bits per heavy atom. The molecule has 1 atom stereocenters. The maximum absolute atomic E-state index is 13.3. The molecule has 1 aliphatic carbocycles. The Balaban J connectivity index is 1.86. The molecule has 154 valence electrons. The molecule has 0 saturated heterocycles. The van der Waals surface area contributed by atoms with E-state index in [0.717, 1.165) is 36.8 Å². The average Bonchev–Trinajstić information content (AvgIpc) is 3.25. The Bertz CT molecular complexity index is 801. The number of hydrogen-bond acceptors (Lipinski definition) is 2. The van der Waals surface area contributed by atoms with E-state index in [9.17, 15) is 9.59 Å². The van der Waals surface area contributed by atoms with E-state index in [1.165, 1.54) is 0 Å². The molecule has 0 bridgehead atoms. The predicted octanol–water partition coefficient (Wildman–Crippen LogP) is 4.75. The summed E-state index contributed by atoms with van der Waals surface area (Å²) in [5, 5.41) is 3.85. The van der Waals surface area contributed by atoms with Crippen molar-refractivity contribution in [2.24, 2.45) is 0 Å². The van der Waals surface area contributed by atoms with Gasteiger partial charge >= 0.3 is 0 Å².